The summed E-state index contributed by atoms with van der Waals surface area (Å²) >= 11 is 0. The van der Waals surface area contributed by atoms with Crippen LogP contribution in [-0.4, -0.2) is 38.6 Å². The van der Waals surface area contributed by atoms with Gasteiger partial charge in [-0.25, -0.2) is 18.7 Å². The van der Waals surface area contributed by atoms with Gasteiger partial charge in [0.1, 0.15) is 17.1 Å². The van der Waals surface area contributed by atoms with Gasteiger partial charge in [0.15, 0.2) is 11.4 Å². The first-order valence-electron chi connectivity index (χ1n) is 10.7. The molecule has 1 saturated carbocycles. The average molecular weight is 460 g/mol. The minimum atomic E-state index is -2.82. The van der Waals surface area contributed by atoms with Crippen molar-refractivity contribution in [1.29, 1.82) is 0 Å². The Labute approximate surface area is 187 Å². The fourth-order valence-electron chi connectivity index (χ4n) is 4.80. The summed E-state index contributed by atoms with van der Waals surface area (Å²) in [5.74, 6) is -1.66. The first-order chi connectivity index (χ1) is 15.6. The lowest BCUT2D eigenvalue weighted by Crippen LogP contribution is -2.45. The molecule has 1 N–H and O–H groups in total. The van der Waals surface area contributed by atoms with Crippen LogP contribution in [0.2, 0.25) is 0 Å². The minimum Gasteiger partial charge on any atom is -0.486 e. The third-order valence-electron chi connectivity index (χ3n) is 6.13. The van der Waals surface area contributed by atoms with Crippen LogP contribution in [0.15, 0.2) is 30.6 Å². The van der Waals surface area contributed by atoms with E-state index in [-0.39, 0.29) is 39.9 Å². The van der Waals surface area contributed by atoms with Gasteiger partial charge in [0.25, 0.3) is 12.3 Å². The zero-order chi connectivity index (χ0) is 23.5. The molecule has 0 spiro atoms. The molecule has 33 heavy (non-hydrogen) atoms. The number of amides is 1. The quantitative estimate of drug-likeness (QED) is 0.579. The summed E-state index contributed by atoms with van der Waals surface area (Å²) in [7, 11) is 0. The predicted octanol–water partition coefficient (Wildman–Crippen LogP) is 4.67. The number of pyridine rings is 2. The Hall–Kier alpha value is -3.14. The van der Waals surface area contributed by atoms with Crippen molar-refractivity contribution in [2.24, 2.45) is 0 Å². The SMILES string of the molecule is CC(C)Oc1c(NC(=O)c2cccc(C(F)F)n2)cn2cc(C34COC(C)(C3)C4)nc2c1F. The lowest BCUT2D eigenvalue weighted by molar-refractivity contribution is 0.0154. The van der Waals surface area contributed by atoms with Crippen molar-refractivity contribution in [2.75, 3.05) is 11.9 Å². The molecule has 6 rings (SSSR count). The molecule has 5 heterocycles. The van der Waals surface area contributed by atoms with E-state index in [1.54, 1.807) is 20.0 Å². The van der Waals surface area contributed by atoms with E-state index in [9.17, 15) is 13.6 Å². The van der Waals surface area contributed by atoms with Gasteiger partial charge in [0.2, 0.25) is 5.82 Å². The number of rotatable bonds is 6. The Bertz CT molecular complexity index is 1250. The van der Waals surface area contributed by atoms with Gasteiger partial charge in [-0.2, -0.15) is 4.39 Å². The van der Waals surface area contributed by atoms with Crippen molar-refractivity contribution in [1.82, 2.24) is 14.4 Å². The molecule has 2 saturated heterocycles. The third kappa shape index (κ3) is 3.62. The highest BCUT2D eigenvalue weighted by Gasteiger charge is 2.61. The van der Waals surface area contributed by atoms with E-state index in [0.717, 1.165) is 24.6 Å². The lowest BCUT2D eigenvalue weighted by atomic mass is 9.62. The van der Waals surface area contributed by atoms with Crippen LogP contribution < -0.4 is 10.1 Å². The molecule has 0 radical (unpaired) electrons. The summed E-state index contributed by atoms with van der Waals surface area (Å²) in [6.07, 6.45) is 1.67. The lowest BCUT2D eigenvalue weighted by Gasteiger charge is -2.41. The summed E-state index contributed by atoms with van der Waals surface area (Å²) in [5.41, 5.74) is -0.286. The van der Waals surface area contributed by atoms with Crippen LogP contribution in [0.3, 0.4) is 0 Å². The maximum atomic E-state index is 15.5. The minimum absolute atomic E-state index is 0.0468. The predicted molar refractivity (Wildman–Crippen MR) is 113 cm³/mol. The molecule has 2 bridgehead atoms. The highest BCUT2D eigenvalue weighted by molar-refractivity contribution is 6.03. The van der Waals surface area contributed by atoms with E-state index in [2.05, 4.69) is 15.3 Å². The highest BCUT2D eigenvalue weighted by Crippen LogP contribution is 2.58. The van der Waals surface area contributed by atoms with E-state index >= 15 is 4.39 Å². The zero-order valence-corrected chi connectivity index (χ0v) is 18.4. The van der Waals surface area contributed by atoms with Gasteiger partial charge in [-0.3, -0.25) is 4.79 Å². The Morgan fingerprint density at radius 1 is 1.24 bits per heavy atom. The largest absolute Gasteiger partial charge is 0.486 e. The van der Waals surface area contributed by atoms with Crippen molar-refractivity contribution in [2.45, 2.75) is 57.2 Å². The van der Waals surface area contributed by atoms with Gasteiger partial charge in [-0.1, -0.05) is 6.07 Å². The smallest absolute Gasteiger partial charge is 0.280 e. The van der Waals surface area contributed by atoms with Crippen molar-refractivity contribution >= 4 is 17.2 Å². The fraction of sp³-hybridized carbons (Fsp3) is 0.435. The highest BCUT2D eigenvalue weighted by atomic mass is 19.3. The van der Waals surface area contributed by atoms with Crippen LogP contribution in [0.25, 0.3) is 5.65 Å². The number of anilines is 1. The number of fused-ring (bicyclic) bond motifs is 2. The number of carbonyl (C=O) groups is 1. The molecule has 3 aromatic rings. The molecule has 0 unspecified atom stereocenters. The summed E-state index contributed by atoms with van der Waals surface area (Å²) in [6, 6.07) is 3.75. The third-order valence-corrected chi connectivity index (χ3v) is 6.13. The second kappa shape index (κ2) is 7.44. The average Bonchev–Trinajstić information content (AvgIpc) is 3.42. The van der Waals surface area contributed by atoms with Gasteiger partial charge >= 0.3 is 0 Å². The maximum Gasteiger partial charge on any atom is 0.280 e. The topological polar surface area (TPSA) is 77.8 Å². The zero-order valence-electron chi connectivity index (χ0n) is 18.4. The Morgan fingerprint density at radius 3 is 2.64 bits per heavy atom. The van der Waals surface area contributed by atoms with E-state index < -0.39 is 23.8 Å². The summed E-state index contributed by atoms with van der Waals surface area (Å²) in [6.45, 7) is 6.03. The van der Waals surface area contributed by atoms with E-state index in [1.165, 1.54) is 22.7 Å². The molecular weight excluding hydrogens is 437 g/mol. The second-order valence-corrected chi connectivity index (χ2v) is 9.28. The standard InChI is InChI=1S/C23H23F3N4O3/c1-12(2)33-18-15(28-21(31)14-6-4-5-13(27-14)19(25)26)7-30-8-16(29-20(30)17(18)24)23-9-22(3,10-23)32-11-23/h4-8,12,19H,9-11H2,1-3H3,(H,28,31). The van der Waals surface area contributed by atoms with Gasteiger partial charge < -0.3 is 19.2 Å². The monoisotopic (exact) mass is 460 g/mol. The summed E-state index contributed by atoms with van der Waals surface area (Å²) in [4.78, 5) is 21.0. The van der Waals surface area contributed by atoms with E-state index in [4.69, 9.17) is 9.47 Å². The van der Waals surface area contributed by atoms with Crippen LogP contribution >= 0.6 is 0 Å². The first kappa shape index (κ1) is 21.7. The molecule has 1 aliphatic carbocycles. The van der Waals surface area contributed by atoms with Crippen molar-refractivity contribution in [3.05, 3.63) is 53.5 Å². The Kier molecular flexibility index (Phi) is 4.89. The summed E-state index contributed by atoms with van der Waals surface area (Å²) < 4.78 is 54.5. The molecule has 3 aliphatic rings. The molecule has 10 heteroatoms. The van der Waals surface area contributed by atoms with Crippen LogP contribution in [0.4, 0.5) is 18.9 Å². The molecule has 7 nitrogen and oxygen atoms in total. The van der Waals surface area contributed by atoms with Gasteiger partial charge in [0.05, 0.1) is 24.0 Å². The van der Waals surface area contributed by atoms with Crippen molar-refractivity contribution in [3.8, 4) is 5.75 Å². The second-order valence-electron chi connectivity index (χ2n) is 9.28. The van der Waals surface area contributed by atoms with Crippen molar-refractivity contribution < 1.29 is 27.4 Å². The number of ether oxygens (including phenoxy) is 2. The molecule has 0 atom stereocenters. The van der Waals surface area contributed by atoms with Crippen LogP contribution in [-0.2, 0) is 10.2 Å². The Morgan fingerprint density at radius 2 is 2.00 bits per heavy atom. The normalized spacial score (nSPS) is 23.9. The number of hydrogen-bond acceptors (Lipinski definition) is 5. The number of alkyl halides is 2. The summed E-state index contributed by atoms with van der Waals surface area (Å²) in [5, 5.41) is 2.55. The first-order valence-corrected chi connectivity index (χ1v) is 10.7. The number of nitrogens with zero attached hydrogens (tertiary/aromatic N) is 3. The molecule has 3 aromatic heterocycles. The fourth-order valence-corrected chi connectivity index (χ4v) is 4.80. The molecule has 2 aliphatic heterocycles. The van der Waals surface area contributed by atoms with Crippen LogP contribution in [0, 0.1) is 5.82 Å². The number of nitrogens with one attached hydrogen (secondary N) is 1. The molecule has 1 amide bonds. The number of carbonyl (C=O) groups excluding carboxylic acids is 1. The van der Waals surface area contributed by atoms with Crippen LogP contribution in [0.5, 0.6) is 5.75 Å². The van der Waals surface area contributed by atoms with E-state index in [0.29, 0.717) is 6.61 Å². The van der Waals surface area contributed by atoms with Crippen molar-refractivity contribution in [3.63, 3.8) is 0 Å². The molecule has 3 fully saturated rings. The maximum absolute atomic E-state index is 15.5. The van der Waals surface area contributed by atoms with E-state index in [1.807, 2.05) is 6.92 Å². The number of aromatic nitrogens is 3. The molecule has 0 aromatic carbocycles. The van der Waals surface area contributed by atoms with Gasteiger partial charge in [-0.05, 0) is 45.7 Å². The van der Waals surface area contributed by atoms with Gasteiger partial charge in [-0.15, -0.1) is 0 Å². The molecule has 174 valence electrons. The number of imidazole rings is 1. The van der Waals surface area contributed by atoms with Crippen LogP contribution in [0.1, 0.15) is 61.9 Å². The number of halogens is 3. The van der Waals surface area contributed by atoms with Gasteiger partial charge in [0, 0.05) is 17.8 Å². The number of hydrogen-bond donors (Lipinski definition) is 1. The Balaban J connectivity index is 1.53. The molecular formula is C23H23F3N4O3.